The van der Waals surface area contributed by atoms with Crippen LogP contribution in [0.4, 0.5) is 167 Å². The van der Waals surface area contributed by atoms with E-state index in [1.54, 1.807) is 0 Å². The van der Waals surface area contributed by atoms with Crippen LogP contribution in [0.5, 0.6) is 0 Å². The molecule has 4 N–H and O–H groups in total. The molecule has 444 valence electrons. The van der Waals surface area contributed by atoms with Gasteiger partial charge in [0.2, 0.25) is 0 Å². The molecule has 48 heteroatoms. The topological polar surface area (TPSA) is 149 Å². The lowest BCUT2D eigenvalue weighted by Crippen LogP contribution is -2.79. The fourth-order valence-corrected chi connectivity index (χ4v) is 5.11. The van der Waals surface area contributed by atoms with Crippen LogP contribution in [0.3, 0.4) is 0 Å². The van der Waals surface area contributed by atoms with Crippen LogP contribution < -0.4 is 0 Å². The van der Waals surface area contributed by atoms with Crippen molar-refractivity contribution in [3.05, 3.63) is 0 Å². The van der Waals surface area contributed by atoms with Crippen molar-refractivity contribution in [2.45, 2.75) is 126 Å². The molecule has 0 rings (SSSR count). The maximum absolute atomic E-state index is 13.9. The predicted molar refractivity (Wildman–Crippen MR) is 152 cm³/mol. The summed E-state index contributed by atoms with van der Waals surface area (Å²) in [6.45, 7) is 0.188. The molecule has 0 saturated carbocycles. The lowest BCUT2D eigenvalue weighted by atomic mass is 9.79. The quantitative estimate of drug-likeness (QED) is 0.0696. The molecule has 8 nitrogen and oxygen atoms in total. The van der Waals surface area contributed by atoms with Crippen molar-refractivity contribution in [2.75, 3.05) is 24.7 Å². The first-order chi connectivity index (χ1) is 30.8. The molecule has 0 radical (unpaired) electrons. The SMILES string of the molecule is O=S(=O)(O)CCC(F)(F)C(F)(F)C(F)(F)C(F)(F)C(F)(C(F)(F)F)C(F)(F)C(F)(F)C(F)(F)F.O=S(=O)(O)CCC(F)(F)C(F)(F)C(F)(F)C(F)(F)C(F)(C(F)(F)F)C(F)(F)C(F)(F)C(F)(F)F.OCCCO. The van der Waals surface area contributed by atoms with Crippen LogP contribution in [-0.4, -0.2) is 168 Å². The third kappa shape index (κ3) is 12.6. The van der Waals surface area contributed by atoms with Crippen LogP contribution in [0, 0.1) is 0 Å². The fourth-order valence-electron chi connectivity index (χ4n) is 4.08. The Morgan fingerprint density at radius 3 is 0.562 bits per heavy atom. The molecule has 0 aliphatic heterocycles. The van der Waals surface area contributed by atoms with E-state index in [4.69, 9.17) is 19.3 Å². The summed E-state index contributed by atoms with van der Waals surface area (Å²) in [5, 5.41) is 15.8. The Balaban J connectivity index is -0.00000123. The summed E-state index contributed by atoms with van der Waals surface area (Å²) in [4.78, 5) is 0. The van der Waals surface area contributed by atoms with E-state index < -0.39 is 152 Å². The van der Waals surface area contributed by atoms with E-state index in [2.05, 4.69) is 0 Å². The summed E-state index contributed by atoms with van der Waals surface area (Å²) in [5.41, 5.74) is -18.6. The van der Waals surface area contributed by atoms with E-state index in [0.29, 0.717) is 6.42 Å². The van der Waals surface area contributed by atoms with Crippen LogP contribution in [0.1, 0.15) is 19.3 Å². The normalized spacial score (nSPS) is 17.5. The maximum atomic E-state index is 13.9. The van der Waals surface area contributed by atoms with Gasteiger partial charge in [-0.15, -0.1) is 0 Å². The summed E-state index contributed by atoms with van der Waals surface area (Å²) in [7, 11) is -11.7. The lowest BCUT2D eigenvalue weighted by Gasteiger charge is -2.46. The highest BCUT2D eigenvalue weighted by molar-refractivity contribution is 7.86. The molecule has 0 amide bonds. The van der Waals surface area contributed by atoms with Crippen molar-refractivity contribution in [3.8, 4) is 0 Å². The second-order valence-electron chi connectivity index (χ2n) is 13.3. The van der Waals surface area contributed by atoms with Gasteiger partial charge in [-0.25, -0.2) is 8.78 Å². The van der Waals surface area contributed by atoms with Gasteiger partial charge in [-0.2, -0.15) is 175 Å². The zero-order valence-electron chi connectivity index (χ0n) is 32.6. The minimum absolute atomic E-state index is 0.0938. The molecule has 0 aromatic rings. The standard InChI is InChI=1S/2C11H5F19O3S.C3H8O2/c2*12-3(13,1-2-34(31,32)33)5(15,16)8(21,22)6(17,18)4(14,10(25,26)27)7(19,20)9(23,24)11(28,29)30;4-2-1-3-5/h2*1-2H2,(H,31,32,33);4-5H,1-3H2. The Hall–Kier alpha value is -2.92. The first kappa shape index (κ1) is 74.3. The molecule has 2 unspecified atom stereocenters. The fraction of sp³-hybridized carbons (Fsp3) is 1.00. The van der Waals surface area contributed by atoms with Gasteiger partial charge in [0.05, 0.1) is 11.5 Å². The number of hydrogen-bond acceptors (Lipinski definition) is 6. The van der Waals surface area contributed by atoms with Crippen LogP contribution in [0.15, 0.2) is 0 Å². The van der Waals surface area contributed by atoms with E-state index in [0.717, 1.165) is 0 Å². The lowest BCUT2D eigenvalue weighted by molar-refractivity contribution is -0.475. The number of hydrogen-bond donors (Lipinski definition) is 4. The van der Waals surface area contributed by atoms with E-state index in [1.165, 1.54) is 0 Å². The molecule has 2 atom stereocenters. The number of aliphatic hydroxyl groups excluding tert-OH is 2. The van der Waals surface area contributed by atoms with Gasteiger partial charge in [-0.3, -0.25) is 9.11 Å². The van der Waals surface area contributed by atoms with Crippen LogP contribution >= 0.6 is 0 Å². The highest BCUT2D eigenvalue weighted by Gasteiger charge is 3.01. The molecule has 0 aliphatic rings. The zero-order valence-corrected chi connectivity index (χ0v) is 34.2. The molecule has 0 heterocycles. The minimum atomic E-state index is -9.31. The highest BCUT2D eigenvalue weighted by atomic mass is 32.2. The van der Waals surface area contributed by atoms with Gasteiger partial charge in [0.15, 0.2) is 0 Å². The summed E-state index contributed by atoms with van der Waals surface area (Å²) in [6, 6.07) is 0. The van der Waals surface area contributed by atoms with Gasteiger partial charge >= 0.3 is 107 Å². The number of rotatable bonds is 20. The van der Waals surface area contributed by atoms with Gasteiger partial charge in [0, 0.05) is 26.1 Å². The van der Waals surface area contributed by atoms with Gasteiger partial charge in [0.1, 0.15) is 0 Å². The molecule has 0 spiro atoms. The third-order valence-corrected chi connectivity index (χ3v) is 9.61. The van der Waals surface area contributed by atoms with E-state index in [-0.39, 0.29) is 13.2 Å². The summed E-state index contributed by atoms with van der Waals surface area (Å²) in [5.74, 6) is -108. The van der Waals surface area contributed by atoms with Crippen molar-refractivity contribution < 1.29 is 203 Å². The van der Waals surface area contributed by atoms with Crippen molar-refractivity contribution >= 4 is 20.2 Å². The largest absolute Gasteiger partial charge is 0.460 e. The van der Waals surface area contributed by atoms with E-state index >= 15 is 0 Å². The molecule has 0 bridgehead atoms. The molecule has 0 aromatic heterocycles. The monoisotopic (exact) mass is 1230 g/mol. The molecule has 0 saturated heterocycles. The Morgan fingerprint density at radius 2 is 0.438 bits per heavy atom. The summed E-state index contributed by atoms with van der Waals surface area (Å²) < 4.78 is 553. The highest BCUT2D eigenvalue weighted by Crippen LogP contribution is 2.69. The van der Waals surface area contributed by atoms with Crippen LogP contribution in [0.2, 0.25) is 0 Å². The van der Waals surface area contributed by atoms with E-state index in [1.807, 2.05) is 0 Å². The van der Waals surface area contributed by atoms with Crippen molar-refractivity contribution in [3.63, 3.8) is 0 Å². The Bertz CT molecular complexity index is 1910. The Kier molecular flexibility index (Phi) is 21.2. The van der Waals surface area contributed by atoms with Gasteiger partial charge < -0.3 is 10.2 Å². The first-order valence-corrected chi connectivity index (χ1v) is 19.3. The minimum Gasteiger partial charge on any atom is -0.396 e. The molecule has 0 aliphatic carbocycles. The Labute approximate surface area is 375 Å². The molecular formula is C25H18F38O8S2. The Morgan fingerprint density at radius 1 is 0.260 bits per heavy atom. The number of halogens is 38. The van der Waals surface area contributed by atoms with Gasteiger partial charge in [0.25, 0.3) is 20.2 Å². The summed E-state index contributed by atoms with van der Waals surface area (Å²) in [6.07, 6.45) is -40.0. The molecular weight excluding hydrogens is 1210 g/mol. The zero-order chi connectivity index (χ0) is 60.9. The van der Waals surface area contributed by atoms with E-state index in [9.17, 15) is 184 Å². The second-order valence-corrected chi connectivity index (χ2v) is 16.5. The molecule has 0 aromatic carbocycles. The second kappa shape index (κ2) is 20.8. The first-order valence-electron chi connectivity index (χ1n) is 16.1. The van der Waals surface area contributed by atoms with Crippen LogP contribution in [-0.2, 0) is 20.2 Å². The van der Waals surface area contributed by atoms with Crippen molar-refractivity contribution in [2.24, 2.45) is 0 Å². The molecule has 0 fully saturated rings. The molecule has 73 heavy (non-hydrogen) atoms. The van der Waals surface area contributed by atoms with Gasteiger partial charge in [-0.1, -0.05) is 0 Å². The smallest absolute Gasteiger partial charge is 0.396 e. The van der Waals surface area contributed by atoms with Crippen LogP contribution in [0.25, 0.3) is 0 Å². The summed E-state index contributed by atoms with van der Waals surface area (Å²) >= 11 is 0. The predicted octanol–water partition coefficient (Wildman–Crippen LogP) is 11.2. The maximum Gasteiger partial charge on any atom is 0.460 e. The number of aliphatic hydroxyl groups is 2. The average Bonchev–Trinajstić information content (AvgIpc) is 3.13. The van der Waals surface area contributed by atoms with Crippen molar-refractivity contribution in [1.29, 1.82) is 0 Å². The van der Waals surface area contributed by atoms with Crippen molar-refractivity contribution in [1.82, 2.24) is 0 Å². The average molecular weight is 1230 g/mol. The number of alkyl halides is 38. The third-order valence-electron chi connectivity index (χ3n) is 8.17. The van der Waals surface area contributed by atoms with Gasteiger partial charge in [-0.05, 0) is 6.42 Å².